The van der Waals surface area contributed by atoms with E-state index in [1.54, 1.807) is 12.3 Å². The number of pyridine rings is 1. The molecule has 1 aromatic rings. The van der Waals surface area contributed by atoms with E-state index in [2.05, 4.69) is 29.0 Å². The van der Waals surface area contributed by atoms with Gasteiger partial charge in [-0.1, -0.05) is 13.8 Å². The highest BCUT2D eigenvalue weighted by molar-refractivity contribution is 5.99. The van der Waals surface area contributed by atoms with Crippen molar-refractivity contribution < 1.29 is 14.3 Å². The summed E-state index contributed by atoms with van der Waals surface area (Å²) in [6, 6.07) is 3.60. The normalized spacial score (nSPS) is 19.9. The molecule has 2 aliphatic rings. The summed E-state index contributed by atoms with van der Waals surface area (Å²) < 4.78 is 5.58. The maximum atomic E-state index is 12.7. The third kappa shape index (κ3) is 4.82. The number of ether oxygens (including phenoxy) is 1. The Hall–Kier alpha value is -2.15. The van der Waals surface area contributed by atoms with Crippen LogP contribution in [-0.4, -0.2) is 67.1 Å². The summed E-state index contributed by atoms with van der Waals surface area (Å²) in [5.41, 5.74) is 0.584. The van der Waals surface area contributed by atoms with Crippen LogP contribution in [0.4, 0.5) is 5.82 Å². The minimum atomic E-state index is -0.117. The third-order valence-electron chi connectivity index (χ3n) is 5.77. The van der Waals surface area contributed by atoms with Gasteiger partial charge in [0.05, 0.1) is 11.7 Å². The molecule has 2 amide bonds. The Balaban J connectivity index is 1.60. The van der Waals surface area contributed by atoms with Gasteiger partial charge in [-0.3, -0.25) is 9.59 Å². The first-order valence-corrected chi connectivity index (χ1v) is 10.5. The van der Waals surface area contributed by atoms with E-state index in [0.29, 0.717) is 44.1 Å². The Labute approximate surface area is 167 Å². The molecule has 3 heterocycles. The number of anilines is 1. The van der Waals surface area contributed by atoms with E-state index in [4.69, 9.17) is 4.74 Å². The first-order chi connectivity index (χ1) is 13.6. The van der Waals surface area contributed by atoms with E-state index >= 15 is 0 Å². The summed E-state index contributed by atoms with van der Waals surface area (Å²) in [6.07, 6.45) is 5.64. The molecule has 2 aliphatic heterocycles. The Morgan fingerprint density at radius 3 is 2.64 bits per heavy atom. The van der Waals surface area contributed by atoms with Crippen LogP contribution >= 0.6 is 0 Å². The Morgan fingerprint density at radius 1 is 1.25 bits per heavy atom. The van der Waals surface area contributed by atoms with Gasteiger partial charge in [-0.05, 0) is 37.8 Å². The van der Waals surface area contributed by atoms with Crippen molar-refractivity contribution in [3.05, 3.63) is 23.9 Å². The van der Waals surface area contributed by atoms with E-state index in [-0.39, 0.29) is 23.8 Å². The van der Waals surface area contributed by atoms with Crippen LogP contribution in [-0.2, 0) is 9.53 Å². The number of piperazine rings is 1. The number of hydrogen-bond acceptors (Lipinski definition) is 5. The molecule has 154 valence electrons. The second-order valence-corrected chi connectivity index (χ2v) is 7.55. The van der Waals surface area contributed by atoms with Crippen LogP contribution in [0.1, 0.15) is 49.9 Å². The van der Waals surface area contributed by atoms with Crippen molar-refractivity contribution in [1.82, 2.24) is 15.2 Å². The molecule has 0 aliphatic carbocycles. The van der Waals surface area contributed by atoms with Crippen LogP contribution in [0.2, 0.25) is 0 Å². The zero-order valence-corrected chi connectivity index (χ0v) is 17.0. The van der Waals surface area contributed by atoms with Crippen LogP contribution in [0.25, 0.3) is 0 Å². The first kappa shape index (κ1) is 20.6. The number of nitrogens with one attached hydrogen (secondary N) is 1. The molecule has 7 heteroatoms. The number of hydrogen-bond donors (Lipinski definition) is 1. The van der Waals surface area contributed by atoms with E-state index in [0.717, 1.165) is 32.3 Å². The fourth-order valence-electron chi connectivity index (χ4n) is 3.97. The number of nitrogens with zero attached hydrogens (tertiary/aromatic N) is 3. The number of carbonyl (C=O) groups is 2. The highest BCUT2D eigenvalue weighted by atomic mass is 16.5. The molecular weight excluding hydrogens is 356 g/mol. The van der Waals surface area contributed by atoms with Crippen molar-refractivity contribution in [3.63, 3.8) is 0 Å². The third-order valence-corrected chi connectivity index (χ3v) is 5.77. The molecule has 0 aromatic carbocycles. The molecule has 28 heavy (non-hydrogen) atoms. The van der Waals surface area contributed by atoms with Gasteiger partial charge in [-0.25, -0.2) is 4.98 Å². The van der Waals surface area contributed by atoms with Gasteiger partial charge in [0.1, 0.15) is 5.82 Å². The predicted octanol–water partition coefficient (Wildman–Crippen LogP) is 2.08. The van der Waals surface area contributed by atoms with E-state index in [1.807, 2.05) is 11.0 Å². The number of aromatic nitrogens is 1. The van der Waals surface area contributed by atoms with Crippen molar-refractivity contribution in [2.75, 3.05) is 44.2 Å². The second kappa shape index (κ2) is 9.87. The van der Waals surface area contributed by atoms with Gasteiger partial charge in [0.25, 0.3) is 5.91 Å². The van der Waals surface area contributed by atoms with Gasteiger partial charge >= 0.3 is 0 Å². The molecule has 0 saturated carbocycles. The Kier molecular flexibility index (Phi) is 7.25. The Bertz CT molecular complexity index is 663. The lowest BCUT2D eigenvalue weighted by atomic mass is 10.0. The first-order valence-electron chi connectivity index (χ1n) is 10.5. The highest BCUT2D eigenvalue weighted by Crippen LogP contribution is 2.21. The second-order valence-electron chi connectivity index (χ2n) is 7.55. The van der Waals surface area contributed by atoms with Crippen molar-refractivity contribution in [3.8, 4) is 0 Å². The van der Waals surface area contributed by atoms with Crippen LogP contribution < -0.4 is 10.2 Å². The van der Waals surface area contributed by atoms with Gasteiger partial charge in [-0.2, -0.15) is 0 Å². The SMILES string of the molecule is CCC(CC)C(=O)N1CCN(c2ncccc2C(=O)NC[C@H]2CCCO2)CC1. The summed E-state index contributed by atoms with van der Waals surface area (Å²) in [5.74, 6) is 0.942. The average Bonchev–Trinajstić information content (AvgIpc) is 3.26. The molecule has 0 bridgehead atoms. The number of rotatable bonds is 7. The van der Waals surface area contributed by atoms with Crippen molar-refractivity contribution >= 4 is 17.6 Å². The maximum Gasteiger partial charge on any atom is 0.255 e. The molecule has 1 N–H and O–H groups in total. The highest BCUT2D eigenvalue weighted by Gasteiger charge is 2.28. The molecule has 3 rings (SSSR count). The zero-order chi connectivity index (χ0) is 19.9. The van der Waals surface area contributed by atoms with Gasteiger partial charge in [-0.15, -0.1) is 0 Å². The summed E-state index contributed by atoms with van der Waals surface area (Å²) >= 11 is 0. The molecule has 7 nitrogen and oxygen atoms in total. The molecule has 0 unspecified atom stereocenters. The maximum absolute atomic E-state index is 12.7. The standard InChI is InChI=1S/C21H32N4O3/c1-3-16(4-2)21(27)25-12-10-24(11-13-25)19-18(8-5-9-22-19)20(26)23-15-17-7-6-14-28-17/h5,8-9,16-17H,3-4,6-7,10-15H2,1-2H3,(H,23,26)/t17-/m1/s1. The molecule has 1 atom stereocenters. The summed E-state index contributed by atoms with van der Waals surface area (Å²) in [5, 5.41) is 2.98. The van der Waals surface area contributed by atoms with Crippen LogP contribution in [0.15, 0.2) is 18.3 Å². The monoisotopic (exact) mass is 388 g/mol. The molecule has 2 fully saturated rings. The van der Waals surface area contributed by atoms with Crippen molar-refractivity contribution in [1.29, 1.82) is 0 Å². The zero-order valence-electron chi connectivity index (χ0n) is 17.0. The van der Waals surface area contributed by atoms with E-state index < -0.39 is 0 Å². The largest absolute Gasteiger partial charge is 0.376 e. The van der Waals surface area contributed by atoms with E-state index in [1.165, 1.54) is 0 Å². The molecular formula is C21H32N4O3. The minimum absolute atomic E-state index is 0.112. The summed E-state index contributed by atoms with van der Waals surface area (Å²) in [6.45, 7) is 8.16. The summed E-state index contributed by atoms with van der Waals surface area (Å²) in [7, 11) is 0. The molecule has 1 aromatic heterocycles. The summed E-state index contributed by atoms with van der Waals surface area (Å²) in [4.78, 5) is 33.8. The van der Waals surface area contributed by atoms with Crippen molar-refractivity contribution in [2.45, 2.75) is 45.6 Å². The van der Waals surface area contributed by atoms with Gasteiger partial charge in [0.2, 0.25) is 5.91 Å². The fourth-order valence-corrected chi connectivity index (χ4v) is 3.97. The fraction of sp³-hybridized carbons (Fsp3) is 0.667. The van der Waals surface area contributed by atoms with Crippen LogP contribution in [0.3, 0.4) is 0 Å². The smallest absolute Gasteiger partial charge is 0.255 e. The topological polar surface area (TPSA) is 74.8 Å². The lowest BCUT2D eigenvalue weighted by Gasteiger charge is -2.37. The predicted molar refractivity (Wildman–Crippen MR) is 108 cm³/mol. The number of carbonyl (C=O) groups excluding carboxylic acids is 2. The van der Waals surface area contributed by atoms with Crippen molar-refractivity contribution in [2.24, 2.45) is 5.92 Å². The quantitative estimate of drug-likeness (QED) is 0.774. The lowest BCUT2D eigenvalue weighted by Crippen LogP contribution is -2.51. The molecule has 0 radical (unpaired) electrons. The van der Waals surface area contributed by atoms with E-state index in [9.17, 15) is 9.59 Å². The van der Waals surface area contributed by atoms with Gasteiger partial charge in [0, 0.05) is 51.4 Å². The molecule has 2 saturated heterocycles. The minimum Gasteiger partial charge on any atom is -0.376 e. The molecule has 0 spiro atoms. The van der Waals surface area contributed by atoms with Crippen LogP contribution in [0, 0.1) is 5.92 Å². The van der Waals surface area contributed by atoms with Crippen LogP contribution in [0.5, 0.6) is 0 Å². The van der Waals surface area contributed by atoms with Gasteiger partial charge in [0.15, 0.2) is 0 Å². The van der Waals surface area contributed by atoms with Gasteiger partial charge < -0.3 is 19.9 Å². The number of amides is 2. The average molecular weight is 389 g/mol. The Morgan fingerprint density at radius 2 is 2.00 bits per heavy atom. The lowest BCUT2D eigenvalue weighted by molar-refractivity contribution is -0.136.